The Kier molecular flexibility index (Phi) is 7.23. The predicted molar refractivity (Wildman–Crippen MR) is 136 cm³/mol. The topological polar surface area (TPSA) is 78.5 Å². The van der Waals surface area contributed by atoms with Gasteiger partial charge < -0.3 is 10.6 Å². The van der Waals surface area contributed by atoms with Crippen LogP contribution >= 0.6 is 34.8 Å². The molecule has 1 aliphatic rings. The number of hydrogen-bond donors (Lipinski definition) is 2. The number of halogens is 6. The van der Waals surface area contributed by atoms with Crippen LogP contribution in [0.3, 0.4) is 0 Å². The zero-order valence-electron chi connectivity index (χ0n) is 18.7. The predicted octanol–water partition coefficient (Wildman–Crippen LogP) is 7.01. The number of carbonyl (C=O) groups is 3. The number of rotatable bonds is 5. The minimum absolute atomic E-state index is 0.0647. The summed E-state index contributed by atoms with van der Waals surface area (Å²) in [5.41, 5.74) is 0.0169. The summed E-state index contributed by atoms with van der Waals surface area (Å²) in [6.07, 6.45) is -4.60. The first-order valence-corrected chi connectivity index (χ1v) is 11.6. The molecule has 3 aromatic rings. The summed E-state index contributed by atoms with van der Waals surface area (Å²) in [5, 5.41) is 5.07. The number of alkyl halides is 3. The highest BCUT2D eigenvalue weighted by atomic mass is 35.5. The van der Waals surface area contributed by atoms with E-state index in [-0.39, 0.29) is 32.7 Å². The minimum atomic E-state index is -4.60. The maximum atomic E-state index is 13.0. The number of carbonyl (C=O) groups excluding carboxylic acids is 3. The van der Waals surface area contributed by atoms with Gasteiger partial charge in [-0.3, -0.25) is 14.4 Å². The standard InChI is InChI=1S/C25H15Cl3F3N3O3/c1-12-2-6-15(26)11-19(12)34-23(36)20(28)21(24(34)37)32-16-7-3-13(4-8-16)22(35)33-18-10-14(25(29,30)31)5-9-17(18)27/h2-11,32H,1H3,(H,33,35). The van der Waals surface area contributed by atoms with Gasteiger partial charge in [-0.1, -0.05) is 40.9 Å². The third-order valence-corrected chi connectivity index (χ3v) is 6.31. The van der Waals surface area contributed by atoms with E-state index in [1.807, 2.05) is 0 Å². The van der Waals surface area contributed by atoms with Crippen molar-refractivity contribution in [2.45, 2.75) is 13.1 Å². The highest BCUT2D eigenvalue weighted by Gasteiger charge is 2.39. The van der Waals surface area contributed by atoms with Crippen molar-refractivity contribution in [3.05, 3.63) is 98.1 Å². The van der Waals surface area contributed by atoms with Gasteiger partial charge in [0.05, 0.1) is 22.0 Å². The molecule has 0 radical (unpaired) electrons. The lowest BCUT2D eigenvalue weighted by atomic mass is 10.1. The van der Waals surface area contributed by atoms with Crippen molar-refractivity contribution in [2.24, 2.45) is 0 Å². The second kappa shape index (κ2) is 10.1. The highest BCUT2D eigenvalue weighted by Crippen LogP contribution is 2.35. The van der Waals surface area contributed by atoms with E-state index >= 15 is 0 Å². The van der Waals surface area contributed by atoms with Gasteiger partial charge in [0.15, 0.2) is 0 Å². The molecular weight excluding hydrogens is 554 g/mol. The van der Waals surface area contributed by atoms with Gasteiger partial charge in [-0.2, -0.15) is 13.2 Å². The Morgan fingerprint density at radius 2 is 1.57 bits per heavy atom. The Balaban J connectivity index is 1.50. The van der Waals surface area contributed by atoms with Crippen LogP contribution in [0.4, 0.5) is 30.2 Å². The van der Waals surface area contributed by atoms with Crippen LogP contribution in [0.2, 0.25) is 10.0 Å². The molecule has 0 bridgehead atoms. The van der Waals surface area contributed by atoms with E-state index in [9.17, 15) is 27.6 Å². The molecule has 0 spiro atoms. The van der Waals surface area contributed by atoms with Crippen molar-refractivity contribution in [3.63, 3.8) is 0 Å². The van der Waals surface area contributed by atoms with Gasteiger partial charge in [-0.25, -0.2) is 4.90 Å². The van der Waals surface area contributed by atoms with Gasteiger partial charge in [0.1, 0.15) is 10.7 Å². The molecule has 1 heterocycles. The fourth-order valence-electron chi connectivity index (χ4n) is 3.49. The van der Waals surface area contributed by atoms with Crippen LogP contribution in [0.1, 0.15) is 21.5 Å². The Labute approximate surface area is 223 Å². The Morgan fingerprint density at radius 3 is 2.22 bits per heavy atom. The number of amides is 3. The molecule has 0 aliphatic carbocycles. The van der Waals surface area contributed by atoms with Crippen molar-refractivity contribution in [2.75, 3.05) is 15.5 Å². The monoisotopic (exact) mass is 567 g/mol. The molecule has 0 atom stereocenters. The van der Waals surface area contributed by atoms with Crippen LogP contribution in [-0.4, -0.2) is 17.7 Å². The number of imide groups is 1. The van der Waals surface area contributed by atoms with Crippen LogP contribution in [-0.2, 0) is 15.8 Å². The molecular formula is C25H15Cl3F3N3O3. The lowest BCUT2D eigenvalue weighted by Crippen LogP contribution is -2.32. The van der Waals surface area contributed by atoms with E-state index < -0.39 is 29.5 Å². The molecule has 0 aromatic heterocycles. The number of aryl methyl sites for hydroxylation is 1. The summed E-state index contributed by atoms with van der Waals surface area (Å²) in [7, 11) is 0. The third kappa shape index (κ3) is 5.44. The van der Waals surface area contributed by atoms with Crippen LogP contribution < -0.4 is 15.5 Å². The van der Waals surface area contributed by atoms with Crippen molar-refractivity contribution < 1.29 is 27.6 Å². The Bertz CT molecular complexity index is 1470. The zero-order valence-corrected chi connectivity index (χ0v) is 21.0. The van der Waals surface area contributed by atoms with Gasteiger partial charge >= 0.3 is 6.18 Å². The Morgan fingerprint density at radius 1 is 0.892 bits per heavy atom. The molecule has 1 aliphatic heterocycles. The first-order valence-electron chi connectivity index (χ1n) is 10.5. The summed E-state index contributed by atoms with van der Waals surface area (Å²) >= 11 is 18.1. The number of benzene rings is 3. The van der Waals surface area contributed by atoms with Gasteiger partial charge in [-0.05, 0) is 67.1 Å². The molecule has 0 saturated carbocycles. The van der Waals surface area contributed by atoms with E-state index in [0.29, 0.717) is 16.3 Å². The molecule has 0 fully saturated rings. The molecule has 0 unspecified atom stereocenters. The van der Waals surface area contributed by atoms with Gasteiger partial charge in [0.25, 0.3) is 17.7 Å². The number of hydrogen-bond acceptors (Lipinski definition) is 4. The van der Waals surface area contributed by atoms with E-state index in [1.165, 1.54) is 30.3 Å². The highest BCUT2D eigenvalue weighted by molar-refractivity contribution is 6.53. The van der Waals surface area contributed by atoms with Crippen molar-refractivity contribution in [1.29, 1.82) is 0 Å². The van der Waals surface area contributed by atoms with Gasteiger partial charge in [-0.15, -0.1) is 0 Å². The second-order valence-electron chi connectivity index (χ2n) is 7.91. The number of nitrogens with zero attached hydrogens (tertiary/aromatic N) is 1. The average Bonchev–Trinajstić information content (AvgIpc) is 3.04. The van der Waals surface area contributed by atoms with E-state index in [1.54, 1.807) is 19.1 Å². The Hall–Kier alpha value is -3.53. The van der Waals surface area contributed by atoms with Crippen molar-refractivity contribution in [3.8, 4) is 0 Å². The third-order valence-electron chi connectivity index (χ3n) is 5.40. The maximum Gasteiger partial charge on any atom is 0.416 e. The first-order chi connectivity index (χ1) is 17.4. The van der Waals surface area contributed by atoms with Crippen LogP contribution in [0.15, 0.2) is 71.4 Å². The fraction of sp³-hybridized carbons (Fsp3) is 0.0800. The second-order valence-corrected chi connectivity index (χ2v) is 9.14. The summed E-state index contributed by atoms with van der Waals surface area (Å²) in [6, 6.07) is 13.0. The van der Waals surface area contributed by atoms with Crippen molar-refractivity contribution in [1.82, 2.24) is 0 Å². The number of anilines is 3. The van der Waals surface area contributed by atoms with Crippen LogP contribution in [0.25, 0.3) is 0 Å². The van der Waals surface area contributed by atoms with E-state index in [2.05, 4.69) is 10.6 Å². The largest absolute Gasteiger partial charge is 0.416 e. The molecule has 3 aromatic carbocycles. The normalized spacial score (nSPS) is 13.9. The summed E-state index contributed by atoms with van der Waals surface area (Å²) in [6.45, 7) is 1.71. The van der Waals surface area contributed by atoms with E-state index in [4.69, 9.17) is 34.8 Å². The molecule has 0 saturated heterocycles. The van der Waals surface area contributed by atoms with Gasteiger partial charge in [0, 0.05) is 16.3 Å². The zero-order chi connectivity index (χ0) is 27.1. The SMILES string of the molecule is Cc1ccc(Cl)cc1N1C(=O)C(Cl)=C(Nc2ccc(C(=O)Nc3cc(C(F)(F)F)ccc3Cl)cc2)C1=O. The molecule has 2 N–H and O–H groups in total. The fourth-order valence-corrected chi connectivity index (χ4v) is 4.04. The molecule has 37 heavy (non-hydrogen) atoms. The lowest BCUT2D eigenvalue weighted by molar-refractivity contribution is -0.137. The minimum Gasteiger partial charge on any atom is -0.350 e. The quantitative estimate of drug-likeness (QED) is 0.325. The average molecular weight is 569 g/mol. The van der Waals surface area contributed by atoms with Crippen molar-refractivity contribution >= 4 is 69.6 Å². The summed E-state index contributed by atoms with van der Waals surface area (Å²) < 4.78 is 38.9. The maximum absolute atomic E-state index is 13.0. The summed E-state index contributed by atoms with van der Waals surface area (Å²) in [5.74, 6) is -2.13. The smallest absolute Gasteiger partial charge is 0.350 e. The summed E-state index contributed by atoms with van der Waals surface area (Å²) in [4.78, 5) is 39.2. The van der Waals surface area contributed by atoms with E-state index in [0.717, 1.165) is 23.1 Å². The molecule has 12 heteroatoms. The van der Waals surface area contributed by atoms with Crippen LogP contribution in [0, 0.1) is 6.92 Å². The lowest BCUT2D eigenvalue weighted by Gasteiger charge is -2.17. The molecule has 4 rings (SSSR count). The molecule has 3 amide bonds. The first kappa shape index (κ1) is 26.5. The molecule has 6 nitrogen and oxygen atoms in total. The molecule has 190 valence electrons. The van der Waals surface area contributed by atoms with Gasteiger partial charge in [0.2, 0.25) is 0 Å². The number of nitrogens with one attached hydrogen (secondary N) is 2. The van der Waals surface area contributed by atoms with Crippen LogP contribution in [0.5, 0.6) is 0 Å².